The highest BCUT2D eigenvalue weighted by molar-refractivity contribution is 14.1. The predicted molar refractivity (Wildman–Crippen MR) is 66.8 cm³/mol. The second kappa shape index (κ2) is 4.94. The van der Waals surface area contributed by atoms with E-state index in [2.05, 4.69) is 10.3 Å². The molecule has 1 aromatic rings. The summed E-state index contributed by atoms with van der Waals surface area (Å²) in [4.78, 5) is 15.1. The molecule has 1 N–H and O–H groups in total. The minimum atomic E-state index is -0.630. The summed E-state index contributed by atoms with van der Waals surface area (Å²) >= 11 is 1.77. The number of carbonyl (C=O) groups is 1. The largest absolute Gasteiger partial charge is 0.444 e. The van der Waals surface area contributed by atoms with Crippen LogP contribution in [0.4, 0.5) is 14.9 Å². The molecule has 0 aromatic carbocycles. The lowest BCUT2D eigenvalue weighted by Gasteiger charge is -2.19. The maximum absolute atomic E-state index is 13.1. The summed E-state index contributed by atoms with van der Waals surface area (Å²) < 4.78 is 18.4. The molecule has 0 spiro atoms. The van der Waals surface area contributed by atoms with Crippen LogP contribution in [0.25, 0.3) is 0 Å². The Morgan fingerprint density at radius 2 is 2.19 bits per heavy atom. The minimum absolute atomic E-state index is 0.257. The van der Waals surface area contributed by atoms with E-state index >= 15 is 0 Å². The van der Waals surface area contributed by atoms with Gasteiger partial charge in [0.05, 0.1) is 11.9 Å². The van der Waals surface area contributed by atoms with E-state index < -0.39 is 17.5 Å². The Bertz CT molecular complexity index is 404. The molecule has 1 rings (SSSR count). The van der Waals surface area contributed by atoms with Gasteiger partial charge in [0, 0.05) is 6.07 Å². The average Bonchev–Trinajstić information content (AvgIpc) is 2.08. The van der Waals surface area contributed by atoms with Crippen molar-refractivity contribution in [3.8, 4) is 0 Å². The maximum atomic E-state index is 13.1. The summed E-state index contributed by atoms with van der Waals surface area (Å²) in [5.41, 5.74) is -0.314. The van der Waals surface area contributed by atoms with Crippen LogP contribution in [0.2, 0.25) is 0 Å². The number of anilines is 1. The van der Waals surface area contributed by atoms with Crippen LogP contribution in [0, 0.1) is 9.52 Å². The van der Waals surface area contributed by atoms with Crippen LogP contribution >= 0.6 is 22.6 Å². The first kappa shape index (κ1) is 13.1. The Balaban J connectivity index is 2.67. The molecule has 0 radical (unpaired) electrons. The van der Waals surface area contributed by atoms with Crippen LogP contribution in [0.1, 0.15) is 20.8 Å². The van der Waals surface area contributed by atoms with Crippen LogP contribution in [0.5, 0.6) is 0 Å². The molecule has 0 atom stereocenters. The molecule has 0 aliphatic carbocycles. The van der Waals surface area contributed by atoms with E-state index in [0.717, 1.165) is 0 Å². The van der Waals surface area contributed by atoms with Gasteiger partial charge in [0.2, 0.25) is 0 Å². The Morgan fingerprint density at radius 1 is 1.56 bits per heavy atom. The molecule has 1 heterocycles. The van der Waals surface area contributed by atoms with Gasteiger partial charge in [-0.05, 0) is 43.4 Å². The zero-order valence-corrected chi connectivity index (χ0v) is 11.3. The van der Waals surface area contributed by atoms with Gasteiger partial charge in [-0.25, -0.2) is 14.2 Å². The number of pyridine rings is 1. The Labute approximate surface area is 107 Å². The molecule has 88 valence electrons. The highest BCUT2D eigenvalue weighted by Gasteiger charge is 2.16. The summed E-state index contributed by atoms with van der Waals surface area (Å²) in [6.07, 6.45) is 0.740. The summed E-state index contributed by atoms with van der Waals surface area (Å²) in [5.74, 6) is -0.478. The van der Waals surface area contributed by atoms with Crippen molar-refractivity contribution in [2.75, 3.05) is 5.32 Å². The number of halogens is 2. The molecule has 0 fully saturated rings. The lowest BCUT2D eigenvalue weighted by Crippen LogP contribution is -2.27. The number of carbonyl (C=O) groups excluding carboxylic acids is 1. The maximum Gasteiger partial charge on any atom is 0.412 e. The molecule has 1 aromatic heterocycles. The number of amides is 1. The van der Waals surface area contributed by atoms with E-state index in [4.69, 9.17) is 4.74 Å². The van der Waals surface area contributed by atoms with Gasteiger partial charge in [-0.3, -0.25) is 5.32 Å². The minimum Gasteiger partial charge on any atom is -0.444 e. The molecule has 0 saturated heterocycles. The number of rotatable bonds is 1. The quantitative estimate of drug-likeness (QED) is 0.632. The Kier molecular flexibility index (Phi) is 4.06. The zero-order chi connectivity index (χ0) is 12.3. The molecule has 4 nitrogen and oxygen atoms in total. The van der Waals surface area contributed by atoms with Gasteiger partial charge in [0.15, 0.2) is 5.82 Å². The van der Waals surface area contributed by atoms with Crippen LogP contribution in [-0.2, 0) is 4.74 Å². The van der Waals surface area contributed by atoms with Crippen molar-refractivity contribution in [3.63, 3.8) is 0 Å². The van der Waals surface area contributed by atoms with Gasteiger partial charge < -0.3 is 4.74 Å². The fraction of sp³-hybridized carbons (Fsp3) is 0.400. The third-order valence-electron chi connectivity index (χ3n) is 1.44. The topological polar surface area (TPSA) is 51.2 Å². The number of hydrogen-bond acceptors (Lipinski definition) is 3. The van der Waals surface area contributed by atoms with E-state index in [0.29, 0.717) is 0 Å². The lowest BCUT2D eigenvalue weighted by molar-refractivity contribution is 0.0636. The van der Waals surface area contributed by atoms with E-state index in [1.807, 2.05) is 0 Å². The number of hydrogen-bond donors (Lipinski definition) is 1. The molecule has 6 heteroatoms. The molecule has 16 heavy (non-hydrogen) atoms. The van der Waals surface area contributed by atoms with Crippen LogP contribution < -0.4 is 5.32 Å². The summed E-state index contributed by atoms with van der Waals surface area (Å²) in [6.45, 7) is 5.25. The number of aromatic nitrogens is 1. The molecule has 0 saturated carbocycles. The smallest absolute Gasteiger partial charge is 0.412 e. The summed E-state index contributed by atoms with van der Waals surface area (Å²) in [7, 11) is 0. The van der Waals surface area contributed by atoms with Gasteiger partial charge in [-0.15, -0.1) is 0 Å². The van der Waals surface area contributed by atoms with E-state index in [-0.39, 0.29) is 9.39 Å². The molecule has 1 amide bonds. The monoisotopic (exact) mass is 338 g/mol. The predicted octanol–water partition coefficient (Wildman–Crippen LogP) is 3.17. The fourth-order valence-corrected chi connectivity index (χ4v) is 1.21. The van der Waals surface area contributed by atoms with Crippen LogP contribution in [0.3, 0.4) is 0 Å². The van der Waals surface area contributed by atoms with Crippen molar-refractivity contribution >= 4 is 34.4 Å². The van der Waals surface area contributed by atoms with E-state index in [9.17, 15) is 9.18 Å². The standard InChI is InChI=1S/C10H12FIN2O2/c1-10(2,3)16-9(15)14-6-4-7(11)8(12)13-5-6/h4-5H,1-3H3,(H,14,15). The van der Waals surface area contributed by atoms with Crippen molar-refractivity contribution in [1.82, 2.24) is 4.98 Å². The second-order valence-corrected chi connectivity index (χ2v) is 5.15. The van der Waals surface area contributed by atoms with Gasteiger partial charge in [-0.1, -0.05) is 0 Å². The van der Waals surface area contributed by atoms with Gasteiger partial charge in [-0.2, -0.15) is 0 Å². The average molecular weight is 338 g/mol. The number of ether oxygens (including phenoxy) is 1. The Hall–Kier alpha value is -0.920. The van der Waals surface area contributed by atoms with Gasteiger partial charge in [0.1, 0.15) is 9.30 Å². The highest BCUT2D eigenvalue weighted by Crippen LogP contribution is 2.14. The molecule has 0 unspecified atom stereocenters. The first-order valence-electron chi connectivity index (χ1n) is 4.59. The SMILES string of the molecule is CC(C)(C)OC(=O)Nc1cnc(I)c(F)c1. The Morgan fingerprint density at radius 3 is 2.69 bits per heavy atom. The van der Waals surface area contributed by atoms with E-state index in [1.165, 1.54) is 12.3 Å². The van der Waals surface area contributed by atoms with Gasteiger partial charge in [0.25, 0.3) is 0 Å². The van der Waals surface area contributed by atoms with E-state index in [1.54, 1.807) is 43.4 Å². The molecular formula is C10H12FIN2O2. The molecule has 0 bridgehead atoms. The second-order valence-electron chi connectivity index (χ2n) is 4.12. The normalized spacial score (nSPS) is 11.1. The fourth-order valence-electron chi connectivity index (χ4n) is 0.911. The molecule has 0 aliphatic heterocycles. The zero-order valence-electron chi connectivity index (χ0n) is 9.17. The number of nitrogens with zero attached hydrogens (tertiary/aromatic N) is 1. The van der Waals surface area contributed by atoms with Crippen molar-refractivity contribution in [2.24, 2.45) is 0 Å². The van der Waals surface area contributed by atoms with Crippen molar-refractivity contribution < 1.29 is 13.9 Å². The molecule has 0 aliphatic rings. The van der Waals surface area contributed by atoms with Gasteiger partial charge >= 0.3 is 6.09 Å². The van der Waals surface area contributed by atoms with Crippen LogP contribution in [0.15, 0.2) is 12.3 Å². The third-order valence-corrected chi connectivity index (χ3v) is 2.24. The number of nitrogens with one attached hydrogen (secondary N) is 1. The summed E-state index contributed by atoms with van der Waals surface area (Å²) in [6, 6.07) is 1.19. The third kappa shape index (κ3) is 4.30. The van der Waals surface area contributed by atoms with Crippen molar-refractivity contribution in [2.45, 2.75) is 26.4 Å². The molecular weight excluding hydrogens is 326 g/mol. The van der Waals surface area contributed by atoms with Crippen molar-refractivity contribution in [1.29, 1.82) is 0 Å². The summed E-state index contributed by atoms with van der Waals surface area (Å²) in [5, 5.41) is 2.40. The lowest BCUT2D eigenvalue weighted by atomic mass is 10.2. The first-order chi connectivity index (χ1) is 7.28. The van der Waals surface area contributed by atoms with Crippen molar-refractivity contribution in [3.05, 3.63) is 21.8 Å². The first-order valence-corrected chi connectivity index (χ1v) is 5.67. The van der Waals surface area contributed by atoms with Crippen LogP contribution in [-0.4, -0.2) is 16.7 Å². The highest BCUT2D eigenvalue weighted by atomic mass is 127.